The van der Waals surface area contributed by atoms with Crippen molar-refractivity contribution >= 4 is 5.69 Å². The van der Waals surface area contributed by atoms with Gasteiger partial charge in [0, 0.05) is 18.8 Å². The Balaban J connectivity index is 1.87. The van der Waals surface area contributed by atoms with Crippen LogP contribution in [0.3, 0.4) is 0 Å². The fourth-order valence-electron chi connectivity index (χ4n) is 2.88. The highest BCUT2D eigenvalue weighted by atomic mass is 16.5. The molecule has 100 valence electrons. The predicted molar refractivity (Wildman–Crippen MR) is 76.8 cm³/mol. The van der Waals surface area contributed by atoms with Crippen LogP contribution in [-0.2, 0) is 11.3 Å². The van der Waals surface area contributed by atoms with Crippen molar-refractivity contribution in [1.29, 1.82) is 0 Å². The molecule has 2 nitrogen and oxygen atoms in total. The summed E-state index contributed by atoms with van der Waals surface area (Å²) in [5.41, 5.74) is 2.46. The van der Waals surface area contributed by atoms with Crippen molar-refractivity contribution in [3.05, 3.63) is 29.8 Å². The zero-order valence-corrected chi connectivity index (χ0v) is 11.6. The highest BCUT2D eigenvalue weighted by Crippen LogP contribution is 2.28. The van der Waals surface area contributed by atoms with E-state index in [2.05, 4.69) is 36.5 Å². The number of ether oxygens (including phenoxy) is 1. The molecule has 18 heavy (non-hydrogen) atoms. The molecule has 0 aromatic heterocycles. The summed E-state index contributed by atoms with van der Waals surface area (Å²) in [7, 11) is 1.73. The minimum atomic E-state index is 0.582. The summed E-state index contributed by atoms with van der Waals surface area (Å²) in [6.07, 6.45) is 7.01. The van der Waals surface area contributed by atoms with Gasteiger partial charge in [-0.15, -0.1) is 0 Å². The van der Waals surface area contributed by atoms with E-state index in [0.717, 1.165) is 5.92 Å². The van der Waals surface area contributed by atoms with Crippen LogP contribution < -0.4 is 5.32 Å². The van der Waals surface area contributed by atoms with Gasteiger partial charge in [-0.2, -0.15) is 0 Å². The summed E-state index contributed by atoms with van der Waals surface area (Å²) >= 11 is 0. The van der Waals surface area contributed by atoms with Gasteiger partial charge >= 0.3 is 0 Å². The van der Waals surface area contributed by atoms with Crippen LogP contribution in [0.25, 0.3) is 0 Å². The van der Waals surface area contributed by atoms with Crippen molar-refractivity contribution in [2.45, 2.75) is 51.7 Å². The third-order valence-electron chi connectivity index (χ3n) is 4.02. The highest BCUT2D eigenvalue weighted by Gasteiger charge is 2.19. The number of nitrogens with one attached hydrogen (secondary N) is 1. The zero-order chi connectivity index (χ0) is 12.8. The maximum Gasteiger partial charge on any atom is 0.0713 e. The number of methoxy groups -OCH3 is 1. The van der Waals surface area contributed by atoms with Crippen molar-refractivity contribution < 1.29 is 4.74 Å². The molecule has 2 rings (SSSR count). The largest absolute Gasteiger partial charge is 0.382 e. The number of hydrogen-bond donors (Lipinski definition) is 1. The minimum absolute atomic E-state index is 0.582. The van der Waals surface area contributed by atoms with E-state index in [1.54, 1.807) is 7.11 Å². The second-order valence-electron chi connectivity index (χ2n) is 5.46. The molecule has 1 aromatic carbocycles. The van der Waals surface area contributed by atoms with E-state index in [-0.39, 0.29) is 0 Å². The molecular weight excluding hydrogens is 222 g/mol. The molecular formula is C16H25NO. The lowest BCUT2D eigenvalue weighted by Gasteiger charge is -2.29. The van der Waals surface area contributed by atoms with Crippen LogP contribution in [0, 0.1) is 5.92 Å². The van der Waals surface area contributed by atoms with Gasteiger partial charge in [0.05, 0.1) is 6.61 Å². The van der Waals surface area contributed by atoms with Gasteiger partial charge in [0.25, 0.3) is 0 Å². The Bertz CT molecular complexity index is 341. The molecule has 0 saturated heterocycles. The molecule has 1 aliphatic carbocycles. The van der Waals surface area contributed by atoms with Crippen LogP contribution in [0.5, 0.6) is 0 Å². The monoisotopic (exact) mass is 247 g/mol. The van der Waals surface area contributed by atoms with Gasteiger partial charge < -0.3 is 10.1 Å². The Morgan fingerprint density at radius 2 is 1.83 bits per heavy atom. The van der Waals surface area contributed by atoms with Gasteiger partial charge in [-0.05, 0) is 43.4 Å². The summed E-state index contributed by atoms with van der Waals surface area (Å²) in [5, 5.41) is 3.64. The number of rotatable bonds is 5. The van der Waals surface area contributed by atoms with Crippen molar-refractivity contribution in [3.63, 3.8) is 0 Å². The average Bonchev–Trinajstić information content (AvgIpc) is 2.42. The van der Waals surface area contributed by atoms with Crippen LogP contribution in [0.15, 0.2) is 24.3 Å². The standard InChI is InChI=1S/C16H25NO/c1-13(15-6-4-3-5-7-15)17-16-10-8-14(9-11-16)12-18-2/h8-11,13,15,17H,3-7,12H2,1-2H3. The van der Waals surface area contributed by atoms with Crippen LogP contribution in [0.1, 0.15) is 44.6 Å². The first kappa shape index (κ1) is 13.4. The van der Waals surface area contributed by atoms with Crippen molar-refractivity contribution in [3.8, 4) is 0 Å². The van der Waals surface area contributed by atoms with E-state index >= 15 is 0 Å². The van der Waals surface area contributed by atoms with E-state index in [1.807, 2.05) is 0 Å². The Labute approximate surface area is 111 Å². The third kappa shape index (κ3) is 3.74. The average molecular weight is 247 g/mol. The quantitative estimate of drug-likeness (QED) is 0.841. The Kier molecular flexibility index (Phi) is 5.06. The molecule has 1 N–H and O–H groups in total. The molecule has 0 heterocycles. The molecule has 1 atom stereocenters. The maximum atomic E-state index is 5.12. The molecule has 0 bridgehead atoms. The SMILES string of the molecule is COCc1ccc(NC(C)C2CCCCC2)cc1. The summed E-state index contributed by atoms with van der Waals surface area (Å²) in [5.74, 6) is 0.845. The normalized spacial score (nSPS) is 18.6. The van der Waals surface area contributed by atoms with Crippen LogP contribution in [-0.4, -0.2) is 13.2 Å². The number of hydrogen-bond acceptors (Lipinski definition) is 2. The zero-order valence-electron chi connectivity index (χ0n) is 11.6. The molecule has 0 aliphatic heterocycles. The molecule has 2 heteroatoms. The van der Waals surface area contributed by atoms with Gasteiger partial charge in [0.1, 0.15) is 0 Å². The van der Waals surface area contributed by atoms with E-state index in [9.17, 15) is 0 Å². The second-order valence-corrected chi connectivity index (χ2v) is 5.46. The van der Waals surface area contributed by atoms with Gasteiger partial charge in [-0.25, -0.2) is 0 Å². The van der Waals surface area contributed by atoms with Crippen molar-refractivity contribution in [1.82, 2.24) is 0 Å². The van der Waals surface area contributed by atoms with E-state index < -0.39 is 0 Å². The fraction of sp³-hybridized carbons (Fsp3) is 0.625. The van der Waals surface area contributed by atoms with Gasteiger partial charge in [0.15, 0.2) is 0 Å². The lowest BCUT2D eigenvalue weighted by molar-refractivity contribution is 0.185. The summed E-state index contributed by atoms with van der Waals surface area (Å²) in [6, 6.07) is 9.18. The highest BCUT2D eigenvalue weighted by molar-refractivity contribution is 5.45. The summed E-state index contributed by atoms with van der Waals surface area (Å²) in [6.45, 7) is 3.01. The first-order valence-corrected chi connectivity index (χ1v) is 7.14. The number of benzene rings is 1. The fourth-order valence-corrected chi connectivity index (χ4v) is 2.88. The second kappa shape index (κ2) is 6.79. The molecule has 0 spiro atoms. The Morgan fingerprint density at radius 3 is 2.44 bits per heavy atom. The van der Waals surface area contributed by atoms with Gasteiger partial charge in [-0.3, -0.25) is 0 Å². The van der Waals surface area contributed by atoms with Crippen LogP contribution in [0.4, 0.5) is 5.69 Å². The molecule has 1 unspecified atom stereocenters. The van der Waals surface area contributed by atoms with Gasteiger partial charge in [0.2, 0.25) is 0 Å². The molecule has 1 aromatic rings. The molecule has 0 radical (unpaired) electrons. The Hall–Kier alpha value is -1.02. The van der Waals surface area contributed by atoms with E-state index in [4.69, 9.17) is 4.74 Å². The topological polar surface area (TPSA) is 21.3 Å². The lowest BCUT2D eigenvalue weighted by Crippen LogP contribution is -2.27. The lowest BCUT2D eigenvalue weighted by atomic mass is 9.84. The Morgan fingerprint density at radius 1 is 1.17 bits per heavy atom. The van der Waals surface area contributed by atoms with E-state index in [0.29, 0.717) is 12.6 Å². The van der Waals surface area contributed by atoms with Crippen LogP contribution in [0.2, 0.25) is 0 Å². The first-order chi connectivity index (χ1) is 8.79. The van der Waals surface area contributed by atoms with Gasteiger partial charge in [-0.1, -0.05) is 31.4 Å². The number of anilines is 1. The first-order valence-electron chi connectivity index (χ1n) is 7.14. The summed E-state index contributed by atoms with van der Waals surface area (Å²) in [4.78, 5) is 0. The minimum Gasteiger partial charge on any atom is -0.382 e. The van der Waals surface area contributed by atoms with E-state index in [1.165, 1.54) is 43.4 Å². The van der Waals surface area contributed by atoms with Crippen molar-refractivity contribution in [2.75, 3.05) is 12.4 Å². The van der Waals surface area contributed by atoms with Crippen molar-refractivity contribution in [2.24, 2.45) is 5.92 Å². The maximum absolute atomic E-state index is 5.12. The smallest absolute Gasteiger partial charge is 0.0713 e. The molecule has 1 saturated carbocycles. The third-order valence-corrected chi connectivity index (χ3v) is 4.02. The summed E-state index contributed by atoms with van der Waals surface area (Å²) < 4.78 is 5.12. The predicted octanol–water partition coefficient (Wildman–Crippen LogP) is 4.21. The van der Waals surface area contributed by atoms with Crippen LogP contribution >= 0.6 is 0 Å². The molecule has 0 amide bonds. The molecule has 1 aliphatic rings. The molecule has 1 fully saturated rings.